The number of carbonyl (C=O) groups excluding carboxylic acids is 2. The van der Waals surface area contributed by atoms with Crippen molar-refractivity contribution >= 4 is 51.7 Å². The Hall–Kier alpha value is -4.05. The average Bonchev–Trinajstić information content (AvgIpc) is 3.56. The van der Waals surface area contributed by atoms with E-state index in [0.29, 0.717) is 43.4 Å². The van der Waals surface area contributed by atoms with Gasteiger partial charge in [-0.1, -0.05) is 54.7 Å². The van der Waals surface area contributed by atoms with Gasteiger partial charge in [-0.15, -0.1) is 0 Å². The number of rotatable bonds is 6. The third kappa shape index (κ3) is 5.23. The summed E-state index contributed by atoms with van der Waals surface area (Å²) in [5, 5.41) is 6.90. The highest BCUT2D eigenvalue weighted by Gasteiger charge is 2.28. The third-order valence-corrected chi connectivity index (χ3v) is 7.82. The van der Waals surface area contributed by atoms with Crippen LogP contribution in [0.25, 0.3) is 11.3 Å². The summed E-state index contributed by atoms with van der Waals surface area (Å²) in [5.74, 6) is -0.255. The first-order chi connectivity index (χ1) is 19.5. The summed E-state index contributed by atoms with van der Waals surface area (Å²) in [6.07, 6.45) is 0. The second-order valence-electron chi connectivity index (χ2n) is 10.1. The highest BCUT2D eigenvalue weighted by molar-refractivity contribution is 7.81. The lowest BCUT2D eigenvalue weighted by molar-refractivity contribution is -0.134. The second-order valence-corrected chi connectivity index (χ2v) is 10.5. The number of esters is 1. The van der Waals surface area contributed by atoms with E-state index in [1.165, 1.54) is 7.11 Å². The highest BCUT2D eigenvalue weighted by atomic mass is 32.1. The van der Waals surface area contributed by atoms with Crippen molar-refractivity contribution in [1.29, 1.82) is 0 Å². The average molecular weight is 555 g/mol. The Kier molecular flexibility index (Phi) is 7.34. The van der Waals surface area contributed by atoms with Gasteiger partial charge in [0.05, 0.1) is 38.1 Å². The molecule has 0 spiro atoms. The summed E-state index contributed by atoms with van der Waals surface area (Å²) < 4.78 is 10.3. The van der Waals surface area contributed by atoms with E-state index < -0.39 is 5.97 Å². The summed E-state index contributed by atoms with van der Waals surface area (Å²) in [6.45, 7) is 4.58. The maximum Gasteiger partial charge on any atom is 0.337 e. The van der Waals surface area contributed by atoms with Crippen LogP contribution in [0.3, 0.4) is 0 Å². The van der Waals surface area contributed by atoms with Crippen molar-refractivity contribution in [3.05, 3.63) is 94.5 Å². The number of methoxy groups -OCH3 is 1. The number of amides is 1. The van der Waals surface area contributed by atoms with Gasteiger partial charge in [-0.25, -0.2) is 4.79 Å². The molecule has 0 bridgehead atoms. The minimum absolute atomic E-state index is 0.144. The smallest absolute Gasteiger partial charge is 0.337 e. The Morgan fingerprint density at radius 2 is 1.75 bits per heavy atom. The van der Waals surface area contributed by atoms with Crippen molar-refractivity contribution in [3.63, 3.8) is 0 Å². The number of carbonyl (C=O) groups is 2. The van der Waals surface area contributed by atoms with Crippen LogP contribution in [-0.4, -0.2) is 66.6 Å². The second kappa shape index (κ2) is 11.2. The van der Waals surface area contributed by atoms with E-state index in [0.717, 1.165) is 58.0 Å². The molecule has 3 aromatic carbocycles. The Morgan fingerprint density at radius 1 is 0.975 bits per heavy atom. The number of nitrogens with one attached hydrogen (secondary N) is 2. The van der Waals surface area contributed by atoms with Gasteiger partial charge in [-0.05, 0) is 41.0 Å². The van der Waals surface area contributed by atoms with Crippen LogP contribution < -0.4 is 10.6 Å². The summed E-state index contributed by atoms with van der Waals surface area (Å²) >= 11 is 5.78. The van der Waals surface area contributed by atoms with Gasteiger partial charge in [0.25, 0.3) is 0 Å². The maximum atomic E-state index is 13.0. The van der Waals surface area contributed by atoms with Crippen LogP contribution in [0.15, 0.2) is 66.7 Å². The van der Waals surface area contributed by atoms with Gasteiger partial charge in [-0.2, -0.15) is 0 Å². The van der Waals surface area contributed by atoms with Gasteiger partial charge in [0.1, 0.15) is 4.99 Å². The van der Waals surface area contributed by atoms with Crippen LogP contribution in [0.5, 0.6) is 0 Å². The first-order valence-electron chi connectivity index (χ1n) is 13.3. The van der Waals surface area contributed by atoms with E-state index in [9.17, 15) is 9.59 Å². The van der Waals surface area contributed by atoms with Crippen LogP contribution in [0.2, 0.25) is 0 Å². The van der Waals surface area contributed by atoms with Gasteiger partial charge in [0.2, 0.25) is 5.91 Å². The molecule has 0 unspecified atom stereocenters. The minimum Gasteiger partial charge on any atom is -0.465 e. The molecule has 1 saturated heterocycles. The van der Waals surface area contributed by atoms with E-state index in [2.05, 4.69) is 27.7 Å². The predicted octanol–water partition coefficient (Wildman–Crippen LogP) is 4.38. The quantitative estimate of drug-likeness (QED) is 0.264. The van der Waals surface area contributed by atoms with Gasteiger partial charge in [-0.3, -0.25) is 9.69 Å². The van der Waals surface area contributed by atoms with Crippen molar-refractivity contribution < 1.29 is 19.1 Å². The third-order valence-electron chi connectivity index (χ3n) is 7.51. The fourth-order valence-corrected chi connectivity index (χ4v) is 5.72. The zero-order valence-electron chi connectivity index (χ0n) is 22.2. The van der Waals surface area contributed by atoms with Crippen molar-refractivity contribution in [3.8, 4) is 0 Å². The predicted molar refractivity (Wildman–Crippen MR) is 159 cm³/mol. The summed E-state index contributed by atoms with van der Waals surface area (Å²) in [5.41, 5.74) is 8.03. The minimum atomic E-state index is -0.398. The molecule has 0 atom stereocenters. The summed E-state index contributed by atoms with van der Waals surface area (Å²) in [4.78, 5) is 29.8. The van der Waals surface area contributed by atoms with E-state index >= 15 is 0 Å². The molecule has 6 rings (SSSR count). The Bertz CT molecular complexity index is 1510. The molecule has 3 heterocycles. The molecule has 0 saturated carbocycles. The molecule has 8 nitrogen and oxygen atoms in total. The molecule has 40 heavy (non-hydrogen) atoms. The summed E-state index contributed by atoms with van der Waals surface area (Å²) in [6, 6.07) is 21.7. The van der Waals surface area contributed by atoms with E-state index in [1.807, 2.05) is 47.4 Å². The number of ether oxygens (including phenoxy) is 2. The molecule has 3 aliphatic heterocycles. The monoisotopic (exact) mass is 554 g/mol. The molecular formula is C31H30N4O4S. The van der Waals surface area contributed by atoms with E-state index in [-0.39, 0.29) is 5.91 Å². The number of thiocarbonyl (C=S) groups is 1. The van der Waals surface area contributed by atoms with Gasteiger partial charge in [0, 0.05) is 48.7 Å². The molecule has 3 aromatic rings. The molecule has 0 aliphatic carbocycles. The number of nitrogens with zero attached hydrogens (tertiary/aromatic N) is 2. The molecule has 1 amide bonds. The van der Waals surface area contributed by atoms with Crippen LogP contribution in [0.4, 0.5) is 11.4 Å². The van der Waals surface area contributed by atoms with Crippen molar-refractivity contribution in [2.45, 2.75) is 13.1 Å². The first-order valence-corrected chi connectivity index (χ1v) is 13.7. The normalized spacial score (nSPS) is 17.6. The molecule has 3 aliphatic rings. The maximum absolute atomic E-state index is 13.0. The molecule has 9 heteroatoms. The number of morpholine rings is 1. The van der Waals surface area contributed by atoms with Crippen molar-refractivity contribution in [2.24, 2.45) is 0 Å². The lowest BCUT2D eigenvalue weighted by Crippen LogP contribution is -2.43. The highest BCUT2D eigenvalue weighted by Crippen LogP contribution is 2.39. The van der Waals surface area contributed by atoms with Crippen LogP contribution in [0, 0.1) is 0 Å². The molecule has 1 fully saturated rings. The number of fused-ring (bicyclic) bond motifs is 2. The lowest BCUT2D eigenvalue weighted by Gasteiger charge is -2.27. The van der Waals surface area contributed by atoms with Gasteiger partial charge >= 0.3 is 5.97 Å². The van der Waals surface area contributed by atoms with Crippen molar-refractivity contribution in [2.75, 3.05) is 50.6 Å². The SMILES string of the molecule is COC(=O)c1ccc2c(c1)NC(=S)/C2=C(\Nc1ccc2c(c1)CN(C(=O)CN1CCOCC1)C2)c1ccccc1. The lowest BCUT2D eigenvalue weighted by atomic mass is 9.99. The summed E-state index contributed by atoms with van der Waals surface area (Å²) in [7, 11) is 1.37. The number of anilines is 2. The molecule has 0 aromatic heterocycles. The van der Waals surface area contributed by atoms with E-state index in [4.69, 9.17) is 21.7 Å². The zero-order chi connectivity index (χ0) is 27.6. The number of hydrogen-bond acceptors (Lipinski definition) is 7. The number of hydrogen-bond donors (Lipinski definition) is 2. The van der Waals surface area contributed by atoms with Gasteiger partial charge in [0.15, 0.2) is 0 Å². The Labute approximate surface area is 238 Å². The molecule has 0 radical (unpaired) electrons. The first kappa shape index (κ1) is 26.2. The van der Waals surface area contributed by atoms with E-state index in [1.54, 1.807) is 12.1 Å². The largest absolute Gasteiger partial charge is 0.465 e. The van der Waals surface area contributed by atoms with Crippen molar-refractivity contribution in [1.82, 2.24) is 9.80 Å². The molecule has 204 valence electrons. The fraction of sp³-hybridized carbons (Fsp3) is 0.258. The molecule has 2 N–H and O–H groups in total. The number of benzene rings is 3. The standard InChI is InChI=1S/C31H30N4O4S/c1-38-31(37)21-8-10-25-26(16-21)33-30(40)28(25)29(20-5-3-2-4-6-20)32-24-9-7-22-17-35(18-23(22)15-24)27(36)19-34-11-13-39-14-12-34/h2-10,15-16,32H,11-14,17-19H2,1H3,(H,33,40)/b29-28-. The Morgan fingerprint density at radius 3 is 2.52 bits per heavy atom. The Balaban J connectivity index is 1.29. The van der Waals surface area contributed by atoms with Crippen LogP contribution in [-0.2, 0) is 27.4 Å². The zero-order valence-corrected chi connectivity index (χ0v) is 23.1. The van der Waals surface area contributed by atoms with Gasteiger partial charge < -0.3 is 25.0 Å². The fourth-order valence-electron chi connectivity index (χ4n) is 5.39. The topological polar surface area (TPSA) is 83.1 Å². The van der Waals surface area contributed by atoms with Crippen LogP contribution >= 0.6 is 12.2 Å². The molecular weight excluding hydrogens is 524 g/mol. The van der Waals surface area contributed by atoms with Crippen LogP contribution in [0.1, 0.15) is 32.6 Å².